The molecule has 0 bridgehead atoms. The highest BCUT2D eigenvalue weighted by Gasteiger charge is 2.17. The van der Waals surface area contributed by atoms with Gasteiger partial charge in [-0.3, -0.25) is 4.79 Å². The minimum atomic E-state index is -0.305. The molecule has 0 saturated carbocycles. The van der Waals surface area contributed by atoms with E-state index in [0.717, 1.165) is 25.9 Å². The van der Waals surface area contributed by atoms with Crippen molar-refractivity contribution in [3.05, 3.63) is 35.1 Å². The summed E-state index contributed by atoms with van der Waals surface area (Å²) in [5.41, 5.74) is 1.24. The van der Waals surface area contributed by atoms with E-state index in [2.05, 4.69) is 10.6 Å². The number of piperidine rings is 1. The Bertz CT molecular complexity index is 414. The molecular formula is C13H17FN2O. The van der Waals surface area contributed by atoms with E-state index >= 15 is 0 Å². The number of hydrogen-bond donors (Lipinski definition) is 2. The van der Waals surface area contributed by atoms with E-state index in [4.69, 9.17) is 0 Å². The lowest BCUT2D eigenvalue weighted by Crippen LogP contribution is -2.42. The highest BCUT2D eigenvalue weighted by Crippen LogP contribution is 2.11. The Balaban J connectivity index is 2.03. The second-order valence-corrected chi connectivity index (χ2v) is 4.46. The number of benzene rings is 1. The maximum Gasteiger partial charge on any atom is 0.251 e. The van der Waals surface area contributed by atoms with Crippen LogP contribution in [-0.4, -0.2) is 25.0 Å². The molecule has 1 fully saturated rings. The van der Waals surface area contributed by atoms with Gasteiger partial charge >= 0.3 is 0 Å². The molecule has 0 aromatic heterocycles. The maximum absolute atomic E-state index is 12.9. The van der Waals surface area contributed by atoms with Crippen LogP contribution < -0.4 is 10.6 Å². The van der Waals surface area contributed by atoms with Crippen LogP contribution in [0.2, 0.25) is 0 Å². The summed E-state index contributed by atoms with van der Waals surface area (Å²) in [6, 6.07) is 4.48. The molecule has 0 unspecified atom stereocenters. The summed E-state index contributed by atoms with van der Waals surface area (Å²) in [4.78, 5) is 12.0. The van der Waals surface area contributed by atoms with Crippen LogP contribution in [0.1, 0.15) is 28.8 Å². The Morgan fingerprint density at radius 1 is 1.41 bits per heavy atom. The van der Waals surface area contributed by atoms with Gasteiger partial charge in [0.2, 0.25) is 0 Å². The zero-order valence-electron chi connectivity index (χ0n) is 9.92. The second-order valence-electron chi connectivity index (χ2n) is 4.46. The van der Waals surface area contributed by atoms with E-state index in [1.54, 1.807) is 13.0 Å². The summed E-state index contributed by atoms with van der Waals surface area (Å²) < 4.78 is 12.9. The lowest BCUT2D eigenvalue weighted by atomic mass is 10.0. The predicted molar refractivity (Wildman–Crippen MR) is 64.5 cm³/mol. The smallest absolute Gasteiger partial charge is 0.251 e. The molecule has 1 saturated heterocycles. The van der Waals surface area contributed by atoms with E-state index in [-0.39, 0.29) is 17.8 Å². The van der Waals surface area contributed by atoms with Crippen molar-refractivity contribution in [1.82, 2.24) is 10.6 Å². The van der Waals surface area contributed by atoms with E-state index in [1.807, 2.05) is 0 Å². The fourth-order valence-corrected chi connectivity index (χ4v) is 2.11. The van der Waals surface area contributed by atoms with Crippen molar-refractivity contribution >= 4 is 5.91 Å². The molecule has 2 N–H and O–H groups in total. The monoisotopic (exact) mass is 236 g/mol. The largest absolute Gasteiger partial charge is 0.349 e. The number of hydrogen-bond acceptors (Lipinski definition) is 2. The van der Waals surface area contributed by atoms with Crippen molar-refractivity contribution in [2.24, 2.45) is 0 Å². The van der Waals surface area contributed by atoms with Gasteiger partial charge in [-0.15, -0.1) is 0 Å². The van der Waals surface area contributed by atoms with E-state index < -0.39 is 0 Å². The van der Waals surface area contributed by atoms with Gasteiger partial charge in [0.15, 0.2) is 0 Å². The molecule has 0 radical (unpaired) electrons. The number of carbonyl (C=O) groups is 1. The van der Waals surface area contributed by atoms with Gasteiger partial charge in [0.1, 0.15) is 5.82 Å². The van der Waals surface area contributed by atoms with E-state index in [0.29, 0.717) is 11.1 Å². The number of carbonyl (C=O) groups excluding carboxylic acids is 1. The highest BCUT2D eigenvalue weighted by molar-refractivity contribution is 5.95. The summed E-state index contributed by atoms with van der Waals surface area (Å²) in [6.07, 6.45) is 1.90. The van der Waals surface area contributed by atoms with Gasteiger partial charge in [0, 0.05) is 11.6 Å². The number of rotatable bonds is 2. The first kappa shape index (κ1) is 12.0. The summed E-state index contributed by atoms with van der Waals surface area (Å²) in [6.45, 7) is 3.63. The molecule has 1 aromatic carbocycles. The fourth-order valence-electron chi connectivity index (χ4n) is 2.11. The minimum absolute atomic E-state index is 0.102. The van der Waals surface area contributed by atoms with Gasteiger partial charge < -0.3 is 10.6 Å². The first-order valence-corrected chi connectivity index (χ1v) is 5.94. The van der Waals surface area contributed by atoms with Crippen molar-refractivity contribution in [2.75, 3.05) is 13.1 Å². The number of aryl methyl sites for hydroxylation is 1. The third-order valence-corrected chi connectivity index (χ3v) is 3.11. The van der Waals surface area contributed by atoms with Gasteiger partial charge in [-0.2, -0.15) is 0 Å². The van der Waals surface area contributed by atoms with Crippen LogP contribution in [-0.2, 0) is 0 Å². The standard InChI is InChI=1S/C13H17FN2O/c1-9-8-10(14)2-3-12(9)13(17)16-11-4-6-15-7-5-11/h2-3,8,11,15H,4-7H2,1H3,(H,16,17). The Labute approximate surface area is 100 Å². The van der Waals surface area contributed by atoms with Gasteiger partial charge in [-0.05, 0) is 56.6 Å². The molecule has 4 heteroatoms. The average Bonchev–Trinajstić information content (AvgIpc) is 2.30. The van der Waals surface area contributed by atoms with Gasteiger partial charge in [-0.25, -0.2) is 4.39 Å². The van der Waals surface area contributed by atoms with Crippen LogP contribution in [0.25, 0.3) is 0 Å². The third kappa shape index (κ3) is 3.03. The van der Waals surface area contributed by atoms with Crippen LogP contribution in [0.4, 0.5) is 4.39 Å². The second kappa shape index (κ2) is 5.27. The lowest BCUT2D eigenvalue weighted by molar-refractivity contribution is 0.0929. The fraction of sp³-hybridized carbons (Fsp3) is 0.462. The highest BCUT2D eigenvalue weighted by atomic mass is 19.1. The van der Waals surface area contributed by atoms with Gasteiger partial charge in [-0.1, -0.05) is 0 Å². The summed E-state index contributed by atoms with van der Waals surface area (Å²) in [5, 5.41) is 6.24. The third-order valence-electron chi connectivity index (χ3n) is 3.11. The molecule has 1 heterocycles. The normalized spacial score (nSPS) is 16.8. The van der Waals surface area contributed by atoms with Crippen molar-refractivity contribution in [3.63, 3.8) is 0 Å². The molecule has 0 aliphatic carbocycles. The molecule has 1 aromatic rings. The van der Waals surface area contributed by atoms with Crippen LogP contribution in [0.15, 0.2) is 18.2 Å². The van der Waals surface area contributed by atoms with Crippen LogP contribution in [0, 0.1) is 12.7 Å². The predicted octanol–water partition coefficient (Wildman–Crippen LogP) is 1.62. The molecule has 1 aliphatic rings. The Morgan fingerprint density at radius 3 is 2.76 bits per heavy atom. The zero-order chi connectivity index (χ0) is 12.3. The molecule has 2 rings (SSSR count). The van der Waals surface area contributed by atoms with Crippen molar-refractivity contribution in [1.29, 1.82) is 0 Å². The first-order valence-electron chi connectivity index (χ1n) is 5.94. The number of amides is 1. The molecule has 1 amide bonds. The molecule has 3 nitrogen and oxygen atoms in total. The van der Waals surface area contributed by atoms with Crippen LogP contribution in [0.5, 0.6) is 0 Å². The molecule has 0 spiro atoms. The van der Waals surface area contributed by atoms with E-state index in [1.165, 1.54) is 12.1 Å². The Kier molecular flexibility index (Phi) is 3.74. The summed E-state index contributed by atoms with van der Waals surface area (Å²) in [5.74, 6) is -0.407. The van der Waals surface area contributed by atoms with Gasteiger partial charge in [0.05, 0.1) is 0 Å². The number of nitrogens with one attached hydrogen (secondary N) is 2. The molecule has 0 atom stereocenters. The molecule has 92 valence electrons. The van der Waals surface area contributed by atoms with E-state index in [9.17, 15) is 9.18 Å². The van der Waals surface area contributed by atoms with Crippen molar-refractivity contribution < 1.29 is 9.18 Å². The quantitative estimate of drug-likeness (QED) is 0.819. The summed E-state index contributed by atoms with van der Waals surface area (Å²) >= 11 is 0. The molecule has 1 aliphatic heterocycles. The van der Waals surface area contributed by atoms with Crippen molar-refractivity contribution in [2.45, 2.75) is 25.8 Å². The van der Waals surface area contributed by atoms with Crippen LogP contribution in [0.3, 0.4) is 0 Å². The average molecular weight is 236 g/mol. The van der Waals surface area contributed by atoms with Crippen molar-refractivity contribution in [3.8, 4) is 0 Å². The Hall–Kier alpha value is -1.42. The van der Waals surface area contributed by atoms with Crippen LogP contribution >= 0.6 is 0 Å². The molecule has 17 heavy (non-hydrogen) atoms. The Morgan fingerprint density at radius 2 is 2.12 bits per heavy atom. The number of halogens is 1. The topological polar surface area (TPSA) is 41.1 Å². The zero-order valence-corrected chi connectivity index (χ0v) is 9.92. The van der Waals surface area contributed by atoms with Gasteiger partial charge in [0.25, 0.3) is 5.91 Å². The lowest BCUT2D eigenvalue weighted by Gasteiger charge is -2.24. The maximum atomic E-state index is 12.9. The molecular weight excluding hydrogens is 219 g/mol. The minimum Gasteiger partial charge on any atom is -0.349 e. The summed E-state index contributed by atoms with van der Waals surface area (Å²) in [7, 11) is 0. The first-order chi connectivity index (χ1) is 8.16. The SMILES string of the molecule is Cc1cc(F)ccc1C(=O)NC1CCNCC1.